The number of alkyl halides is 3. The van der Waals surface area contributed by atoms with Crippen LogP contribution >= 0.6 is 0 Å². The van der Waals surface area contributed by atoms with Crippen LogP contribution < -0.4 is 5.73 Å². The Morgan fingerprint density at radius 1 is 1.33 bits per heavy atom. The van der Waals surface area contributed by atoms with E-state index in [4.69, 9.17) is 5.73 Å². The minimum absolute atomic E-state index is 0.0386. The van der Waals surface area contributed by atoms with E-state index in [9.17, 15) is 22.0 Å². The van der Waals surface area contributed by atoms with Gasteiger partial charge in [0.25, 0.3) is 0 Å². The van der Waals surface area contributed by atoms with Crippen LogP contribution in [0.1, 0.15) is 24.0 Å². The zero-order chi connectivity index (χ0) is 13.9. The molecule has 0 aromatic heterocycles. The molecule has 100 valence electrons. The van der Waals surface area contributed by atoms with Gasteiger partial charge in [0.05, 0.1) is 11.9 Å². The molecule has 2 N–H and O–H groups in total. The second-order valence-electron chi connectivity index (χ2n) is 3.88. The molecule has 0 saturated carbocycles. The highest BCUT2D eigenvalue weighted by Crippen LogP contribution is 2.33. The average molecular weight is 265 g/mol. The van der Waals surface area contributed by atoms with Gasteiger partial charge in [-0.25, -0.2) is 8.78 Å². The van der Waals surface area contributed by atoms with Crippen LogP contribution in [0, 0.1) is 5.82 Å². The first-order valence-electron chi connectivity index (χ1n) is 5.16. The summed E-state index contributed by atoms with van der Waals surface area (Å²) >= 11 is 0. The molecule has 1 aromatic carbocycles. The number of halogens is 5. The highest BCUT2D eigenvalue weighted by molar-refractivity contribution is 5.33. The molecule has 0 aliphatic carbocycles. The quantitative estimate of drug-likeness (QED) is 0.827. The lowest BCUT2D eigenvalue weighted by atomic mass is 9.92. The van der Waals surface area contributed by atoms with Gasteiger partial charge in [0.2, 0.25) is 0 Å². The molecule has 0 bridgehead atoms. The molecule has 0 saturated heterocycles. The van der Waals surface area contributed by atoms with Gasteiger partial charge >= 0.3 is 6.18 Å². The van der Waals surface area contributed by atoms with Crippen molar-refractivity contribution in [1.82, 2.24) is 0 Å². The third-order valence-electron chi connectivity index (χ3n) is 2.68. The highest BCUT2D eigenvalue weighted by atomic mass is 19.4. The summed E-state index contributed by atoms with van der Waals surface area (Å²) in [5.41, 5.74) is 4.31. The molecular weight excluding hydrogens is 253 g/mol. The largest absolute Gasteiger partial charge is 0.416 e. The molecule has 0 amide bonds. The van der Waals surface area contributed by atoms with Crippen molar-refractivity contribution >= 4 is 0 Å². The Morgan fingerprint density at radius 3 is 2.39 bits per heavy atom. The lowest BCUT2D eigenvalue weighted by Crippen LogP contribution is -2.12. The zero-order valence-corrected chi connectivity index (χ0v) is 9.56. The summed E-state index contributed by atoms with van der Waals surface area (Å²) in [5.74, 6) is -1.72. The standard InChI is InChI=1S/C12H12F5N/c1-7(9(5-13)6-18)8-2-10(12(15,16)17)4-11(14)3-8/h2-5,7H,6,18H2,1H3/b9-5+. The summed E-state index contributed by atoms with van der Waals surface area (Å²) in [6, 6.07) is 2.14. The second-order valence-corrected chi connectivity index (χ2v) is 3.88. The van der Waals surface area contributed by atoms with Crippen LogP contribution in [-0.4, -0.2) is 6.54 Å². The van der Waals surface area contributed by atoms with Crippen molar-refractivity contribution in [3.63, 3.8) is 0 Å². The summed E-state index contributed by atoms with van der Waals surface area (Å²) in [5, 5.41) is 0. The molecule has 1 atom stereocenters. The maximum absolute atomic E-state index is 13.1. The fourth-order valence-electron chi connectivity index (χ4n) is 1.56. The summed E-state index contributed by atoms with van der Waals surface area (Å²) in [6.07, 6.45) is -4.40. The van der Waals surface area contributed by atoms with Gasteiger partial charge < -0.3 is 5.73 Å². The molecule has 0 fully saturated rings. The third kappa shape index (κ3) is 3.29. The maximum atomic E-state index is 13.1. The number of hydrogen-bond acceptors (Lipinski definition) is 1. The fourth-order valence-corrected chi connectivity index (χ4v) is 1.56. The van der Waals surface area contributed by atoms with E-state index >= 15 is 0 Å². The fraction of sp³-hybridized carbons (Fsp3) is 0.333. The Balaban J connectivity index is 3.22. The summed E-state index contributed by atoms with van der Waals surface area (Å²) in [7, 11) is 0. The van der Waals surface area contributed by atoms with Crippen molar-refractivity contribution in [3.05, 3.63) is 47.0 Å². The number of rotatable bonds is 3. The number of benzene rings is 1. The van der Waals surface area contributed by atoms with Gasteiger partial charge in [0.15, 0.2) is 0 Å². The zero-order valence-electron chi connectivity index (χ0n) is 9.56. The van der Waals surface area contributed by atoms with Gasteiger partial charge in [0.1, 0.15) is 5.82 Å². The summed E-state index contributed by atoms with van der Waals surface area (Å²) in [6.45, 7) is 1.32. The lowest BCUT2D eigenvalue weighted by molar-refractivity contribution is -0.137. The predicted octanol–water partition coefficient (Wildman–Crippen LogP) is 3.76. The van der Waals surface area contributed by atoms with Crippen LogP contribution in [0.4, 0.5) is 22.0 Å². The molecular formula is C12H12F5N. The Hall–Kier alpha value is -1.43. The Morgan fingerprint density at radius 2 is 1.94 bits per heavy atom. The van der Waals surface area contributed by atoms with Crippen LogP contribution in [0.3, 0.4) is 0 Å². The number of nitrogens with two attached hydrogens (primary N) is 1. The Bertz CT molecular complexity index is 450. The molecule has 1 unspecified atom stereocenters. The van der Waals surface area contributed by atoms with E-state index in [1.54, 1.807) is 0 Å². The normalized spacial score (nSPS) is 14.7. The van der Waals surface area contributed by atoms with E-state index in [1.165, 1.54) is 6.92 Å². The van der Waals surface area contributed by atoms with Crippen molar-refractivity contribution in [3.8, 4) is 0 Å². The van der Waals surface area contributed by atoms with Gasteiger partial charge in [-0.05, 0) is 29.3 Å². The van der Waals surface area contributed by atoms with Crippen molar-refractivity contribution in [1.29, 1.82) is 0 Å². The van der Waals surface area contributed by atoms with Gasteiger partial charge in [-0.1, -0.05) is 6.92 Å². The molecule has 0 aliphatic heterocycles. The number of hydrogen-bond donors (Lipinski definition) is 1. The molecule has 0 heterocycles. The highest BCUT2D eigenvalue weighted by Gasteiger charge is 2.31. The van der Waals surface area contributed by atoms with Crippen LogP contribution in [0.5, 0.6) is 0 Å². The van der Waals surface area contributed by atoms with E-state index in [2.05, 4.69) is 0 Å². The molecule has 0 aliphatic rings. The van der Waals surface area contributed by atoms with E-state index < -0.39 is 23.5 Å². The van der Waals surface area contributed by atoms with E-state index in [-0.39, 0.29) is 24.0 Å². The van der Waals surface area contributed by atoms with Gasteiger partial charge in [-0.15, -0.1) is 0 Å². The molecule has 18 heavy (non-hydrogen) atoms. The monoisotopic (exact) mass is 265 g/mol. The molecule has 0 radical (unpaired) electrons. The first-order valence-corrected chi connectivity index (χ1v) is 5.16. The van der Waals surface area contributed by atoms with E-state index in [0.717, 1.165) is 12.1 Å². The minimum atomic E-state index is -4.64. The lowest BCUT2D eigenvalue weighted by Gasteiger charge is -2.16. The summed E-state index contributed by atoms with van der Waals surface area (Å²) < 4.78 is 63.1. The van der Waals surface area contributed by atoms with Crippen molar-refractivity contribution < 1.29 is 22.0 Å². The van der Waals surface area contributed by atoms with Crippen LogP contribution in [0.2, 0.25) is 0 Å². The van der Waals surface area contributed by atoms with E-state index in [1.807, 2.05) is 0 Å². The first-order chi connectivity index (χ1) is 8.29. The van der Waals surface area contributed by atoms with Gasteiger partial charge in [-0.3, -0.25) is 0 Å². The van der Waals surface area contributed by atoms with Gasteiger partial charge in [-0.2, -0.15) is 13.2 Å². The summed E-state index contributed by atoms with van der Waals surface area (Å²) in [4.78, 5) is 0. The SMILES string of the molecule is CC(/C(=C/F)CN)c1cc(F)cc(C(F)(F)F)c1. The minimum Gasteiger partial charge on any atom is -0.327 e. The van der Waals surface area contributed by atoms with Crippen LogP contribution in [0.15, 0.2) is 30.1 Å². The average Bonchev–Trinajstić information content (AvgIpc) is 2.28. The molecule has 0 spiro atoms. The van der Waals surface area contributed by atoms with Crippen molar-refractivity contribution in [2.24, 2.45) is 5.73 Å². The molecule has 1 aromatic rings. The van der Waals surface area contributed by atoms with E-state index in [0.29, 0.717) is 6.07 Å². The van der Waals surface area contributed by atoms with Crippen molar-refractivity contribution in [2.45, 2.75) is 19.0 Å². The van der Waals surface area contributed by atoms with Crippen LogP contribution in [-0.2, 0) is 6.18 Å². The molecule has 1 nitrogen and oxygen atoms in total. The first kappa shape index (κ1) is 14.6. The van der Waals surface area contributed by atoms with Gasteiger partial charge in [0, 0.05) is 12.5 Å². The van der Waals surface area contributed by atoms with Crippen molar-refractivity contribution in [2.75, 3.05) is 6.54 Å². The third-order valence-corrected chi connectivity index (χ3v) is 2.68. The molecule has 1 rings (SSSR count). The second kappa shape index (κ2) is 5.48. The topological polar surface area (TPSA) is 26.0 Å². The maximum Gasteiger partial charge on any atom is 0.416 e. The Labute approximate surface area is 101 Å². The smallest absolute Gasteiger partial charge is 0.327 e. The Kier molecular flexibility index (Phi) is 4.45. The van der Waals surface area contributed by atoms with Crippen LogP contribution in [0.25, 0.3) is 0 Å². The predicted molar refractivity (Wildman–Crippen MR) is 58.1 cm³/mol. The molecule has 6 heteroatoms.